The molecule has 2 aromatic heterocycles. The molecule has 1 fully saturated rings. The summed E-state index contributed by atoms with van der Waals surface area (Å²) in [6.07, 6.45) is 4.51. The number of morpholine rings is 1. The number of hydrogen-bond acceptors (Lipinski definition) is 6. The number of oxazole rings is 1. The van der Waals surface area contributed by atoms with Gasteiger partial charge in [0, 0.05) is 24.5 Å². The predicted octanol–water partition coefficient (Wildman–Crippen LogP) is 1.56. The van der Waals surface area contributed by atoms with E-state index < -0.39 is 0 Å². The maximum atomic E-state index is 12.5. The van der Waals surface area contributed by atoms with Crippen molar-refractivity contribution in [3.8, 4) is 0 Å². The lowest BCUT2D eigenvalue weighted by atomic mass is 10.1. The molecular weight excluding hydrogens is 296 g/mol. The number of aromatic nitrogens is 3. The minimum atomic E-state index is -0.119. The van der Waals surface area contributed by atoms with Gasteiger partial charge in [-0.25, -0.2) is 15.0 Å². The first-order valence-electron chi connectivity index (χ1n) is 7.72. The van der Waals surface area contributed by atoms with Crippen molar-refractivity contribution in [3.63, 3.8) is 0 Å². The number of rotatable bonds is 4. The normalized spacial score (nSPS) is 18.2. The van der Waals surface area contributed by atoms with E-state index in [0.717, 1.165) is 24.2 Å². The van der Waals surface area contributed by atoms with E-state index in [4.69, 9.17) is 9.15 Å². The van der Waals surface area contributed by atoms with E-state index in [0.29, 0.717) is 31.2 Å². The highest BCUT2D eigenvalue weighted by molar-refractivity contribution is 5.92. The van der Waals surface area contributed by atoms with Crippen molar-refractivity contribution in [2.75, 3.05) is 19.7 Å². The summed E-state index contributed by atoms with van der Waals surface area (Å²) < 4.78 is 11.0. The smallest absolute Gasteiger partial charge is 0.291 e. The first-order valence-corrected chi connectivity index (χ1v) is 7.72. The van der Waals surface area contributed by atoms with Gasteiger partial charge in [-0.2, -0.15) is 0 Å². The van der Waals surface area contributed by atoms with Gasteiger partial charge in [-0.3, -0.25) is 4.79 Å². The molecule has 1 saturated heterocycles. The molecule has 7 nitrogen and oxygen atoms in total. The maximum Gasteiger partial charge on any atom is 0.291 e. The van der Waals surface area contributed by atoms with Crippen molar-refractivity contribution >= 4 is 5.91 Å². The topological polar surface area (TPSA) is 81.4 Å². The number of ether oxygens (including phenoxy) is 1. The summed E-state index contributed by atoms with van der Waals surface area (Å²) in [6, 6.07) is 1.98. The van der Waals surface area contributed by atoms with Gasteiger partial charge in [0.15, 0.2) is 6.39 Å². The van der Waals surface area contributed by atoms with Crippen molar-refractivity contribution in [1.82, 2.24) is 19.9 Å². The number of hydrogen-bond donors (Lipinski definition) is 0. The molecule has 0 N–H and O–H groups in total. The fourth-order valence-electron chi connectivity index (χ4n) is 2.68. The average Bonchev–Trinajstić information content (AvgIpc) is 2.99. The van der Waals surface area contributed by atoms with Crippen molar-refractivity contribution in [1.29, 1.82) is 0 Å². The molecule has 1 amide bonds. The van der Waals surface area contributed by atoms with Gasteiger partial charge >= 0.3 is 0 Å². The number of aryl methyl sites for hydroxylation is 3. The largest absolute Gasteiger partial charge is 0.438 e. The van der Waals surface area contributed by atoms with E-state index in [1.807, 2.05) is 13.0 Å². The second-order valence-electron chi connectivity index (χ2n) is 5.70. The van der Waals surface area contributed by atoms with Gasteiger partial charge in [0.25, 0.3) is 5.91 Å². The van der Waals surface area contributed by atoms with Crippen LogP contribution in [0.1, 0.15) is 34.1 Å². The number of carbonyl (C=O) groups is 1. The first kappa shape index (κ1) is 15.6. The lowest BCUT2D eigenvalue weighted by molar-refractivity contribution is -0.0256. The Labute approximate surface area is 134 Å². The van der Waals surface area contributed by atoms with E-state index >= 15 is 0 Å². The molecule has 0 saturated carbocycles. The van der Waals surface area contributed by atoms with Crippen LogP contribution in [0.3, 0.4) is 0 Å². The van der Waals surface area contributed by atoms with Crippen molar-refractivity contribution < 1.29 is 13.9 Å². The molecule has 0 aromatic carbocycles. The Morgan fingerprint density at radius 2 is 2.22 bits per heavy atom. The summed E-state index contributed by atoms with van der Waals surface area (Å²) in [7, 11) is 0. The van der Waals surface area contributed by atoms with Gasteiger partial charge in [-0.05, 0) is 32.8 Å². The van der Waals surface area contributed by atoms with Crippen LogP contribution in [0.15, 0.2) is 23.2 Å². The number of carbonyl (C=O) groups excluding carboxylic acids is 1. The van der Waals surface area contributed by atoms with Gasteiger partial charge in [0.2, 0.25) is 5.76 Å². The molecule has 1 unspecified atom stereocenters. The van der Waals surface area contributed by atoms with Crippen LogP contribution < -0.4 is 0 Å². The molecule has 122 valence electrons. The number of amides is 1. The molecule has 7 heteroatoms. The lowest BCUT2D eigenvalue weighted by Crippen LogP contribution is -2.45. The highest BCUT2D eigenvalue weighted by atomic mass is 16.5. The maximum absolute atomic E-state index is 12.5. The molecular formula is C16H20N4O3. The Balaban J connectivity index is 1.58. The molecule has 0 radical (unpaired) electrons. The van der Waals surface area contributed by atoms with Crippen LogP contribution in [0.4, 0.5) is 0 Å². The molecule has 0 aliphatic carbocycles. The Hall–Kier alpha value is -2.28. The summed E-state index contributed by atoms with van der Waals surface area (Å²) in [4.78, 5) is 26.6. The fraction of sp³-hybridized carbons (Fsp3) is 0.500. The Morgan fingerprint density at radius 3 is 2.96 bits per heavy atom. The standard InChI is InChI=1S/C16H20N4O3/c1-11-7-13(18-9-17-11)3-4-14-8-20(5-6-22-14)16(21)15-12(2)19-10-23-15/h7,9-10,14H,3-6,8H2,1-2H3. The second-order valence-corrected chi connectivity index (χ2v) is 5.70. The zero-order valence-electron chi connectivity index (χ0n) is 13.4. The van der Waals surface area contributed by atoms with Crippen LogP contribution in [0, 0.1) is 13.8 Å². The lowest BCUT2D eigenvalue weighted by Gasteiger charge is -2.32. The summed E-state index contributed by atoms with van der Waals surface area (Å²) in [6.45, 7) is 5.38. The number of nitrogens with zero attached hydrogens (tertiary/aromatic N) is 4. The van der Waals surface area contributed by atoms with Crippen LogP contribution in [-0.2, 0) is 11.2 Å². The van der Waals surface area contributed by atoms with Crippen LogP contribution in [0.25, 0.3) is 0 Å². The predicted molar refractivity (Wildman–Crippen MR) is 82.0 cm³/mol. The summed E-state index contributed by atoms with van der Waals surface area (Å²) in [5.41, 5.74) is 2.57. The summed E-state index contributed by atoms with van der Waals surface area (Å²) in [5, 5.41) is 0. The fourth-order valence-corrected chi connectivity index (χ4v) is 2.68. The van der Waals surface area contributed by atoms with Gasteiger partial charge in [-0.15, -0.1) is 0 Å². The van der Waals surface area contributed by atoms with E-state index in [-0.39, 0.29) is 12.0 Å². The third-order valence-electron chi connectivity index (χ3n) is 3.95. The molecule has 1 aliphatic heterocycles. The van der Waals surface area contributed by atoms with Crippen LogP contribution >= 0.6 is 0 Å². The van der Waals surface area contributed by atoms with E-state index in [1.54, 1.807) is 18.2 Å². The molecule has 3 heterocycles. The van der Waals surface area contributed by atoms with Gasteiger partial charge < -0.3 is 14.1 Å². The first-order chi connectivity index (χ1) is 11.1. The van der Waals surface area contributed by atoms with E-state index in [9.17, 15) is 4.79 Å². The van der Waals surface area contributed by atoms with Crippen LogP contribution in [-0.4, -0.2) is 51.6 Å². The third-order valence-corrected chi connectivity index (χ3v) is 3.95. The zero-order chi connectivity index (χ0) is 16.2. The monoisotopic (exact) mass is 316 g/mol. The second kappa shape index (κ2) is 6.87. The van der Waals surface area contributed by atoms with Crippen molar-refractivity contribution in [3.05, 3.63) is 41.6 Å². The highest BCUT2D eigenvalue weighted by Crippen LogP contribution is 2.16. The average molecular weight is 316 g/mol. The summed E-state index contributed by atoms with van der Waals surface area (Å²) in [5.74, 6) is 0.197. The molecule has 0 bridgehead atoms. The Morgan fingerprint density at radius 1 is 1.35 bits per heavy atom. The van der Waals surface area contributed by atoms with Crippen LogP contribution in [0.2, 0.25) is 0 Å². The minimum absolute atomic E-state index is 0.00574. The molecule has 23 heavy (non-hydrogen) atoms. The molecule has 0 spiro atoms. The van der Waals surface area contributed by atoms with Gasteiger partial charge in [0.1, 0.15) is 6.33 Å². The SMILES string of the molecule is Cc1cc(CCC2CN(C(=O)c3ocnc3C)CCO2)ncn1. The quantitative estimate of drug-likeness (QED) is 0.851. The molecule has 1 atom stereocenters. The molecule has 2 aromatic rings. The highest BCUT2D eigenvalue weighted by Gasteiger charge is 2.27. The van der Waals surface area contributed by atoms with Crippen LogP contribution in [0.5, 0.6) is 0 Å². The van der Waals surface area contributed by atoms with Gasteiger partial charge in [0.05, 0.1) is 18.4 Å². The Kier molecular flexibility index (Phi) is 4.66. The summed E-state index contributed by atoms with van der Waals surface area (Å²) >= 11 is 0. The van der Waals surface area contributed by atoms with E-state index in [2.05, 4.69) is 15.0 Å². The van der Waals surface area contributed by atoms with Gasteiger partial charge in [-0.1, -0.05) is 0 Å². The van der Waals surface area contributed by atoms with Crippen molar-refractivity contribution in [2.45, 2.75) is 32.8 Å². The molecule has 3 rings (SSSR count). The van der Waals surface area contributed by atoms with Crippen molar-refractivity contribution in [2.24, 2.45) is 0 Å². The zero-order valence-corrected chi connectivity index (χ0v) is 13.4. The molecule has 1 aliphatic rings. The van der Waals surface area contributed by atoms with E-state index in [1.165, 1.54) is 6.39 Å². The Bertz CT molecular complexity index is 685. The third kappa shape index (κ3) is 3.73. The minimum Gasteiger partial charge on any atom is -0.438 e.